The molecule has 108 valence electrons. The van der Waals surface area contributed by atoms with Gasteiger partial charge in [-0.25, -0.2) is 0 Å². The van der Waals surface area contributed by atoms with Crippen LogP contribution in [0, 0.1) is 10.1 Å². The summed E-state index contributed by atoms with van der Waals surface area (Å²) in [7, 11) is 0. The molecule has 4 nitrogen and oxygen atoms in total. The molecule has 0 spiro atoms. The quantitative estimate of drug-likeness (QED) is 0.625. The van der Waals surface area contributed by atoms with Crippen molar-refractivity contribution in [2.45, 2.75) is 12.8 Å². The molecule has 5 heteroatoms. The molecule has 0 N–H and O–H groups in total. The van der Waals surface area contributed by atoms with Crippen LogP contribution in [0.5, 0.6) is 0 Å². The maximum Gasteiger partial charge on any atom is 0.310 e. The van der Waals surface area contributed by atoms with E-state index < -0.39 is 4.92 Å². The lowest BCUT2D eigenvalue weighted by Crippen LogP contribution is -2.26. The third-order valence-electron chi connectivity index (χ3n) is 3.91. The summed E-state index contributed by atoms with van der Waals surface area (Å²) >= 11 is 6.01. The molecule has 0 atom stereocenters. The second-order valence-electron chi connectivity index (χ2n) is 5.12. The molecule has 2 aromatic carbocycles. The zero-order valence-electron chi connectivity index (χ0n) is 11.5. The Bertz CT molecular complexity index is 661. The van der Waals surface area contributed by atoms with Gasteiger partial charge in [-0.15, -0.1) is 0 Å². The third-order valence-corrected chi connectivity index (χ3v) is 4.21. The van der Waals surface area contributed by atoms with E-state index >= 15 is 0 Å². The minimum atomic E-state index is -0.393. The van der Waals surface area contributed by atoms with Crippen molar-refractivity contribution in [1.82, 2.24) is 0 Å². The van der Waals surface area contributed by atoms with E-state index in [-0.39, 0.29) is 10.7 Å². The average Bonchev–Trinajstić information content (AvgIpc) is 2.69. The van der Waals surface area contributed by atoms with Crippen molar-refractivity contribution in [1.29, 1.82) is 0 Å². The molecule has 0 saturated carbocycles. The first-order valence-electron chi connectivity index (χ1n) is 6.91. The van der Waals surface area contributed by atoms with Crippen molar-refractivity contribution in [3.63, 3.8) is 0 Å². The van der Waals surface area contributed by atoms with E-state index in [2.05, 4.69) is 17.0 Å². The fourth-order valence-corrected chi connectivity index (χ4v) is 3.09. The van der Waals surface area contributed by atoms with Gasteiger partial charge in [0.05, 0.1) is 4.92 Å². The molecule has 0 fully saturated rings. The molecule has 0 saturated heterocycles. The summed E-state index contributed by atoms with van der Waals surface area (Å²) in [6, 6.07) is 13.4. The normalized spacial score (nSPS) is 14.4. The Hall–Kier alpha value is -2.07. The van der Waals surface area contributed by atoms with E-state index in [1.807, 2.05) is 12.1 Å². The first-order valence-corrected chi connectivity index (χ1v) is 7.29. The Kier molecular flexibility index (Phi) is 3.80. The number of para-hydroxylation sites is 1. The highest BCUT2D eigenvalue weighted by Crippen LogP contribution is 2.35. The SMILES string of the molecule is O=[N+]([O-])c1c(Cl)cccc1N1CCc2ccccc2CC1. The summed E-state index contributed by atoms with van der Waals surface area (Å²) in [5.41, 5.74) is 3.26. The van der Waals surface area contributed by atoms with Gasteiger partial charge in [0, 0.05) is 13.1 Å². The third kappa shape index (κ3) is 2.72. The number of nitro groups is 1. The molecule has 1 heterocycles. The van der Waals surface area contributed by atoms with Crippen LogP contribution in [0.15, 0.2) is 42.5 Å². The van der Waals surface area contributed by atoms with Gasteiger partial charge in [0.1, 0.15) is 10.7 Å². The summed E-state index contributed by atoms with van der Waals surface area (Å²) in [6.45, 7) is 1.52. The number of hydrogen-bond acceptors (Lipinski definition) is 3. The molecule has 0 amide bonds. The minimum Gasteiger partial charge on any atom is -0.365 e. The largest absolute Gasteiger partial charge is 0.365 e. The number of rotatable bonds is 2. The molecule has 0 bridgehead atoms. The molecular formula is C16H15ClN2O2. The Morgan fingerprint density at radius 1 is 1.00 bits per heavy atom. The Morgan fingerprint density at radius 3 is 2.19 bits per heavy atom. The number of anilines is 1. The summed E-state index contributed by atoms with van der Waals surface area (Å²) in [5.74, 6) is 0. The highest BCUT2D eigenvalue weighted by atomic mass is 35.5. The van der Waals surface area contributed by atoms with E-state index in [1.54, 1.807) is 18.2 Å². The number of hydrogen-bond donors (Lipinski definition) is 0. The predicted octanol–water partition coefficient (Wildman–Crippen LogP) is 3.85. The molecule has 3 rings (SSSR count). The number of halogens is 1. The molecule has 0 aliphatic carbocycles. The van der Waals surface area contributed by atoms with Crippen LogP contribution in [-0.2, 0) is 12.8 Å². The molecule has 21 heavy (non-hydrogen) atoms. The molecule has 0 radical (unpaired) electrons. The van der Waals surface area contributed by atoms with Gasteiger partial charge in [0.15, 0.2) is 0 Å². The van der Waals surface area contributed by atoms with Gasteiger partial charge in [0.2, 0.25) is 0 Å². The zero-order valence-corrected chi connectivity index (χ0v) is 12.2. The fraction of sp³-hybridized carbons (Fsp3) is 0.250. The van der Waals surface area contributed by atoms with Crippen LogP contribution in [0.2, 0.25) is 5.02 Å². The van der Waals surface area contributed by atoms with Crippen LogP contribution in [0.4, 0.5) is 11.4 Å². The van der Waals surface area contributed by atoms with Gasteiger partial charge >= 0.3 is 5.69 Å². The number of fused-ring (bicyclic) bond motifs is 1. The van der Waals surface area contributed by atoms with Crippen molar-refractivity contribution < 1.29 is 4.92 Å². The summed E-state index contributed by atoms with van der Waals surface area (Å²) < 4.78 is 0. The molecule has 2 aromatic rings. The highest BCUT2D eigenvalue weighted by molar-refractivity contribution is 6.33. The molecule has 1 aliphatic rings. The van der Waals surface area contributed by atoms with Gasteiger partial charge < -0.3 is 4.90 Å². The maximum atomic E-state index is 11.3. The van der Waals surface area contributed by atoms with Crippen molar-refractivity contribution in [2.24, 2.45) is 0 Å². The van der Waals surface area contributed by atoms with Crippen molar-refractivity contribution in [3.8, 4) is 0 Å². The van der Waals surface area contributed by atoms with Crippen LogP contribution in [-0.4, -0.2) is 18.0 Å². The van der Waals surface area contributed by atoms with Crippen LogP contribution in [0.1, 0.15) is 11.1 Å². The number of nitro benzene ring substituents is 1. The maximum absolute atomic E-state index is 11.3. The van der Waals surface area contributed by atoms with E-state index in [4.69, 9.17) is 11.6 Å². The second kappa shape index (κ2) is 5.74. The fourth-order valence-electron chi connectivity index (χ4n) is 2.85. The van der Waals surface area contributed by atoms with Crippen LogP contribution in [0.25, 0.3) is 0 Å². The van der Waals surface area contributed by atoms with Gasteiger partial charge in [-0.1, -0.05) is 41.9 Å². The van der Waals surface area contributed by atoms with Crippen molar-refractivity contribution >= 4 is 23.0 Å². The first-order chi connectivity index (χ1) is 10.2. The Labute approximate surface area is 128 Å². The van der Waals surface area contributed by atoms with Gasteiger partial charge in [-0.05, 0) is 36.1 Å². The molecular weight excluding hydrogens is 288 g/mol. The lowest BCUT2D eigenvalue weighted by atomic mass is 10.0. The minimum absolute atomic E-state index is 0.00474. The standard InChI is InChI=1S/C16H15ClN2O2/c17-14-6-3-7-15(16(14)19(20)21)18-10-8-12-4-1-2-5-13(12)9-11-18/h1-7H,8-11H2. The predicted molar refractivity (Wildman–Crippen MR) is 84.2 cm³/mol. The Morgan fingerprint density at radius 2 is 1.62 bits per heavy atom. The van der Waals surface area contributed by atoms with Crippen molar-refractivity contribution in [2.75, 3.05) is 18.0 Å². The smallest absolute Gasteiger partial charge is 0.310 e. The zero-order chi connectivity index (χ0) is 14.8. The van der Waals surface area contributed by atoms with E-state index in [1.165, 1.54) is 11.1 Å². The lowest BCUT2D eigenvalue weighted by molar-refractivity contribution is -0.384. The van der Waals surface area contributed by atoms with Crippen LogP contribution < -0.4 is 4.90 Å². The topological polar surface area (TPSA) is 46.4 Å². The highest BCUT2D eigenvalue weighted by Gasteiger charge is 2.24. The number of benzene rings is 2. The first kappa shape index (κ1) is 13.9. The lowest BCUT2D eigenvalue weighted by Gasteiger charge is -2.22. The monoisotopic (exact) mass is 302 g/mol. The van der Waals surface area contributed by atoms with E-state index in [9.17, 15) is 10.1 Å². The summed E-state index contributed by atoms with van der Waals surface area (Å²) in [6.07, 6.45) is 1.78. The van der Waals surface area contributed by atoms with Gasteiger partial charge in [-0.3, -0.25) is 10.1 Å². The number of nitrogens with zero attached hydrogens (tertiary/aromatic N) is 2. The molecule has 0 aromatic heterocycles. The van der Waals surface area contributed by atoms with Gasteiger partial charge in [-0.2, -0.15) is 0 Å². The van der Waals surface area contributed by atoms with E-state index in [0.717, 1.165) is 25.9 Å². The molecule has 1 aliphatic heterocycles. The van der Waals surface area contributed by atoms with Crippen molar-refractivity contribution in [3.05, 3.63) is 68.7 Å². The van der Waals surface area contributed by atoms with Crippen LogP contribution in [0.3, 0.4) is 0 Å². The van der Waals surface area contributed by atoms with Gasteiger partial charge in [0.25, 0.3) is 0 Å². The molecule has 0 unspecified atom stereocenters. The van der Waals surface area contributed by atoms with E-state index in [0.29, 0.717) is 5.69 Å². The van der Waals surface area contributed by atoms with Crippen LogP contribution >= 0.6 is 11.6 Å². The summed E-state index contributed by atoms with van der Waals surface area (Å²) in [4.78, 5) is 13.0. The second-order valence-corrected chi connectivity index (χ2v) is 5.53. The Balaban J connectivity index is 1.93. The average molecular weight is 303 g/mol. The summed E-state index contributed by atoms with van der Waals surface area (Å²) in [5, 5.41) is 11.5.